The zero-order valence-electron chi connectivity index (χ0n) is 26.6. The molecule has 2 fully saturated rings. The van der Waals surface area contributed by atoms with Crippen LogP contribution in [0.25, 0.3) is 6.08 Å². The van der Waals surface area contributed by atoms with E-state index in [0.29, 0.717) is 18.1 Å². The van der Waals surface area contributed by atoms with Crippen molar-refractivity contribution in [2.45, 2.75) is 69.5 Å². The van der Waals surface area contributed by atoms with Gasteiger partial charge in [0.2, 0.25) is 11.8 Å². The van der Waals surface area contributed by atoms with Crippen molar-refractivity contribution >= 4 is 29.5 Å². The molecule has 238 valence electrons. The Labute approximate surface area is 273 Å². The van der Waals surface area contributed by atoms with E-state index in [9.17, 15) is 9.59 Å². The molecule has 45 heavy (non-hydrogen) atoms. The van der Waals surface area contributed by atoms with Crippen molar-refractivity contribution in [3.63, 3.8) is 0 Å². The molecule has 2 heterocycles. The quantitative estimate of drug-likeness (QED) is 0.238. The van der Waals surface area contributed by atoms with Gasteiger partial charge in [-0.05, 0) is 87.5 Å². The molecule has 3 aromatic carbocycles. The van der Waals surface area contributed by atoms with Crippen LogP contribution in [0.5, 0.6) is 0 Å². The van der Waals surface area contributed by atoms with Gasteiger partial charge in [-0.15, -0.1) is 0 Å². The van der Waals surface area contributed by atoms with E-state index < -0.39 is 5.54 Å². The van der Waals surface area contributed by atoms with E-state index in [4.69, 9.17) is 11.6 Å². The van der Waals surface area contributed by atoms with Crippen LogP contribution in [0.3, 0.4) is 0 Å². The van der Waals surface area contributed by atoms with Gasteiger partial charge in [0.1, 0.15) is 0 Å². The molecule has 0 saturated carbocycles. The van der Waals surface area contributed by atoms with Crippen LogP contribution >= 0.6 is 11.6 Å². The molecule has 7 heteroatoms. The minimum Gasteiger partial charge on any atom is -0.346 e. The van der Waals surface area contributed by atoms with Crippen molar-refractivity contribution in [1.82, 2.24) is 20.4 Å². The normalized spacial score (nSPS) is 20.0. The maximum atomic E-state index is 14.3. The Kier molecular flexibility index (Phi) is 11.5. The number of carbonyl (C=O) groups is 2. The van der Waals surface area contributed by atoms with Crippen LogP contribution in [0, 0.1) is 0 Å². The van der Waals surface area contributed by atoms with Crippen LogP contribution in [0.4, 0.5) is 0 Å². The summed E-state index contributed by atoms with van der Waals surface area (Å²) in [6.45, 7) is 8.42. The van der Waals surface area contributed by atoms with Crippen molar-refractivity contribution in [2.75, 3.05) is 32.7 Å². The molecule has 3 aromatic rings. The van der Waals surface area contributed by atoms with Crippen LogP contribution in [0.15, 0.2) is 91.0 Å². The van der Waals surface area contributed by atoms with Crippen molar-refractivity contribution in [3.05, 3.63) is 113 Å². The van der Waals surface area contributed by atoms with Gasteiger partial charge in [-0.25, -0.2) is 0 Å². The molecule has 2 aliphatic rings. The standard InChI is InChI=1S/C38H47ClN4O2/c1-38(2,41-36(44)21-18-29-16-19-32(39)20-17-29)35-23-27-43(37(45)34(40-35)22-26-42-24-10-5-11-25-42)28-33(30-12-6-3-7-13-30)31-14-8-4-9-15-31/h3-4,6-9,12-21,33-35,40H,5,10-11,22-28H2,1-2H3,(H,41,44)/t34-,35-/m0/s1. The third-order valence-corrected chi connectivity index (χ3v) is 9.56. The lowest BCUT2D eigenvalue weighted by Gasteiger charge is -2.36. The summed E-state index contributed by atoms with van der Waals surface area (Å²) in [5, 5.41) is 7.63. The molecular weight excluding hydrogens is 580 g/mol. The first kappa shape index (κ1) is 32.9. The van der Waals surface area contributed by atoms with E-state index in [1.165, 1.54) is 30.4 Å². The number of carbonyl (C=O) groups excluding carboxylic acids is 2. The highest BCUT2D eigenvalue weighted by molar-refractivity contribution is 6.30. The lowest BCUT2D eigenvalue weighted by molar-refractivity contribution is -0.133. The molecule has 0 aliphatic carbocycles. The third kappa shape index (κ3) is 9.29. The van der Waals surface area contributed by atoms with Crippen LogP contribution in [-0.4, -0.2) is 72.0 Å². The van der Waals surface area contributed by atoms with E-state index in [1.807, 2.05) is 36.4 Å². The number of nitrogens with one attached hydrogen (secondary N) is 2. The number of piperidine rings is 1. The monoisotopic (exact) mass is 626 g/mol. The summed E-state index contributed by atoms with van der Waals surface area (Å²) in [5.74, 6) is 0.0553. The Morgan fingerprint density at radius 3 is 2.18 bits per heavy atom. The highest BCUT2D eigenvalue weighted by Gasteiger charge is 2.39. The molecule has 6 nitrogen and oxygen atoms in total. The van der Waals surface area contributed by atoms with E-state index in [0.717, 1.165) is 38.0 Å². The summed E-state index contributed by atoms with van der Waals surface area (Å²) in [7, 11) is 0. The summed E-state index contributed by atoms with van der Waals surface area (Å²) < 4.78 is 0. The highest BCUT2D eigenvalue weighted by atomic mass is 35.5. The second-order valence-electron chi connectivity index (χ2n) is 13.0. The molecular formula is C38H47ClN4O2. The Morgan fingerprint density at radius 2 is 1.56 bits per heavy atom. The molecule has 0 spiro atoms. The molecule has 2 atom stereocenters. The Balaban J connectivity index is 1.34. The Hall–Kier alpha value is -3.45. The van der Waals surface area contributed by atoms with Gasteiger partial charge in [-0.1, -0.05) is 90.8 Å². The number of likely N-dealkylation sites (tertiary alicyclic amines) is 1. The zero-order chi connectivity index (χ0) is 31.6. The fraction of sp³-hybridized carbons (Fsp3) is 0.421. The topological polar surface area (TPSA) is 64.7 Å². The SMILES string of the molecule is CC(C)(NC(=O)C=Cc1ccc(Cl)cc1)[C@@H]1CCN(CC(c2ccccc2)c2ccccc2)C(=O)[C@H](CCN2CCCCC2)N1. The summed E-state index contributed by atoms with van der Waals surface area (Å²) in [6.07, 6.45) is 8.57. The smallest absolute Gasteiger partial charge is 0.244 e. The molecule has 2 amide bonds. The minimum absolute atomic E-state index is 0.0707. The van der Waals surface area contributed by atoms with Gasteiger partial charge in [-0.2, -0.15) is 0 Å². The fourth-order valence-corrected chi connectivity index (χ4v) is 6.78. The van der Waals surface area contributed by atoms with Crippen LogP contribution in [-0.2, 0) is 9.59 Å². The first-order chi connectivity index (χ1) is 21.8. The molecule has 0 aromatic heterocycles. The number of amides is 2. The number of nitrogens with zero attached hydrogens (tertiary/aromatic N) is 2. The highest BCUT2D eigenvalue weighted by Crippen LogP contribution is 2.28. The van der Waals surface area contributed by atoms with Gasteiger partial charge in [-0.3, -0.25) is 9.59 Å². The minimum atomic E-state index is -0.584. The summed E-state index contributed by atoms with van der Waals surface area (Å²) in [6, 6.07) is 28.0. The molecule has 2 N–H and O–H groups in total. The first-order valence-corrected chi connectivity index (χ1v) is 16.8. The predicted molar refractivity (Wildman–Crippen MR) is 184 cm³/mol. The molecule has 2 saturated heterocycles. The third-order valence-electron chi connectivity index (χ3n) is 9.30. The van der Waals surface area contributed by atoms with Gasteiger partial charge in [0.05, 0.1) is 11.6 Å². The second kappa shape index (κ2) is 15.7. The molecule has 0 unspecified atom stereocenters. The van der Waals surface area contributed by atoms with Crippen LogP contribution in [0.2, 0.25) is 5.02 Å². The number of rotatable bonds is 11. The maximum absolute atomic E-state index is 14.3. The summed E-state index contributed by atoms with van der Waals surface area (Å²) in [5.41, 5.74) is 2.73. The Morgan fingerprint density at radius 1 is 0.933 bits per heavy atom. The largest absolute Gasteiger partial charge is 0.346 e. The van der Waals surface area contributed by atoms with E-state index in [2.05, 4.69) is 82.8 Å². The van der Waals surface area contributed by atoms with E-state index in [-0.39, 0.29) is 29.8 Å². The van der Waals surface area contributed by atoms with Crippen molar-refractivity contribution in [3.8, 4) is 0 Å². The summed E-state index contributed by atoms with van der Waals surface area (Å²) in [4.78, 5) is 32.0. The zero-order valence-corrected chi connectivity index (χ0v) is 27.4. The van der Waals surface area contributed by atoms with Gasteiger partial charge >= 0.3 is 0 Å². The van der Waals surface area contributed by atoms with Gasteiger partial charge in [0, 0.05) is 42.7 Å². The first-order valence-electron chi connectivity index (χ1n) is 16.4. The van der Waals surface area contributed by atoms with Crippen LogP contribution in [0.1, 0.15) is 68.6 Å². The maximum Gasteiger partial charge on any atom is 0.244 e. The lowest BCUT2D eigenvalue weighted by Crippen LogP contribution is -2.60. The number of hydrogen-bond donors (Lipinski definition) is 2. The average Bonchev–Trinajstić information content (AvgIpc) is 3.22. The Bertz CT molecular complexity index is 1370. The number of benzene rings is 3. The van der Waals surface area contributed by atoms with Crippen molar-refractivity contribution < 1.29 is 9.59 Å². The van der Waals surface area contributed by atoms with Gasteiger partial charge in [0.15, 0.2) is 0 Å². The summed E-state index contributed by atoms with van der Waals surface area (Å²) >= 11 is 6.01. The molecule has 0 radical (unpaired) electrons. The lowest BCUT2D eigenvalue weighted by atomic mass is 9.90. The number of halogens is 1. The van der Waals surface area contributed by atoms with E-state index in [1.54, 1.807) is 12.2 Å². The average molecular weight is 627 g/mol. The van der Waals surface area contributed by atoms with Gasteiger partial charge in [0.25, 0.3) is 0 Å². The van der Waals surface area contributed by atoms with Crippen molar-refractivity contribution in [1.29, 1.82) is 0 Å². The molecule has 0 bridgehead atoms. The van der Waals surface area contributed by atoms with Crippen molar-refractivity contribution in [2.24, 2.45) is 0 Å². The fourth-order valence-electron chi connectivity index (χ4n) is 6.65. The van der Waals surface area contributed by atoms with Gasteiger partial charge < -0.3 is 20.4 Å². The predicted octanol–water partition coefficient (Wildman–Crippen LogP) is 6.52. The second-order valence-corrected chi connectivity index (χ2v) is 13.4. The molecule has 5 rings (SSSR count). The van der Waals surface area contributed by atoms with Crippen LogP contribution < -0.4 is 10.6 Å². The molecule has 2 aliphatic heterocycles. The van der Waals surface area contributed by atoms with E-state index >= 15 is 0 Å². The number of hydrogen-bond acceptors (Lipinski definition) is 4.